The molecular formula is C13H22N2O2S. The summed E-state index contributed by atoms with van der Waals surface area (Å²) < 4.78 is 0. The average Bonchev–Trinajstić information content (AvgIpc) is 2.66. The third-order valence-corrected chi connectivity index (χ3v) is 3.13. The van der Waals surface area contributed by atoms with E-state index in [9.17, 15) is 4.79 Å². The lowest BCUT2D eigenvalue weighted by atomic mass is 10.1. The SMILES string of the molecule is O=C1NC(=S)N/C1=C\CCCCCCCCCO. The molecule has 1 saturated heterocycles. The second-order valence-electron chi connectivity index (χ2n) is 4.51. The average molecular weight is 270 g/mol. The van der Waals surface area contributed by atoms with Crippen molar-refractivity contribution in [3.05, 3.63) is 11.8 Å². The minimum atomic E-state index is -0.121. The van der Waals surface area contributed by atoms with Gasteiger partial charge in [0, 0.05) is 6.61 Å². The fourth-order valence-electron chi connectivity index (χ4n) is 1.91. The number of carbonyl (C=O) groups is 1. The summed E-state index contributed by atoms with van der Waals surface area (Å²) in [4.78, 5) is 11.3. The second kappa shape index (κ2) is 9.05. The Hall–Kier alpha value is -0.940. The molecular weight excluding hydrogens is 248 g/mol. The molecule has 1 aliphatic rings. The van der Waals surface area contributed by atoms with Crippen molar-refractivity contribution in [3.8, 4) is 0 Å². The van der Waals surface area contributed by atoms with Crippen LogP contribution in [0, 0.1) is 0 Å². The van der Waals surface area contributed by atoms with Crippen LogP contribution in [-0.4, -0.2) is 22.7 Å². The minimum absolute atomic E-state index is 0.121. The molecule has 3 N–H and O–H groups in total. The maximum absolute atomic E-state index is 11.3. The Balaban J connectivity index is 1.97. The first-order valence-corrected chi connectivity index (χ1v) is 7.08. The lowest BCUT2D eigenvalue weighted by Gasteiger charge is -2.00. The maximum atomic E-state index is 11.3. The molecule has 0 bridgehead atoms. The number of hydrogen-bond acceptors (Lipinski definition) is 3. The van der Waals surface area contributed by atoms with Crippen molar-refractivity contribution in [1.29, 1.82) is 0 Å². The van der Waals surface area contributed by atoms with E-state index in [4.69, 9.17) is 17.3 Å². The molecule has 0 saturated carbocycles. The van der Waals surface area contributed by atoms with Gasteiger partial charge in [0.15, 0.2) is 5.11 Å². The number of nitrogens with one attached hydrogen (secondary N) is 2. The molecule has 0 aromatic heterocycles. The van der Waals surface area contributed by atoms with Gasteiger partial charge in [-0.05, 0) is 31.5 Å². The Morgan fingerprint density at radius 2 is 1.61 bits per heavy atom. The second-order valence-corrected chi connectivity index (χ2v) is 4.92. The van der Waals surface area contributed by atoms with Gasteiger partial charge in [-0.25, -0.2) is 0 Å². The molecule has 1 amide bonds. The standard InChI is InChI=1S/C13H22N2O2S/c16-10-8-6-4-2-1-3-5-7-9-11-12(17)15-13(18)14-11/h9,16H,1-8,10H2,(H2,14,15,17,18)/b11-9-. The van der Waals surface area contributed by atoms with Gasteiger partial charge in [0.05, 0.1) is 0 Å². The van der Waals surface area contributed by atoms with Crippen LogP contribution in [0.1, 0.15) is 51.4 Å². The maximum Gasteiger partial charge on any atom is 0.273 e. The summed E-state index contributed by atoms with van der Waals surface area (Å²) in [6.45, 7) is 0.310. The van der Waals surface area contributed by atoms with Gasteiger partial charge in [-0.2, -0.15) is 0 Å². The zero-order chi connectivity index (χ0) is 13.2. The van der Waals surface area contributed by atoms with Crippen LogP contribution < -0.4 is 10.6 Å². The Morgan fingerprint density at radius 1 is 1.00 bits per heavy atom. The normalized spacial score (nSPS) is 17.1. The monoisotopic (exact) mass is 270 g/mol. The van der Waals surface area contributed by atoms with Crippen LogP contribution in [0.5, 0.6) is 0 Å². The highest BCUT2D eigenvalue weighted by Gasteiger charge is 2.18. The van der Waals surface area contributed by atoms with E-state index >= 15 is 0 Å². The summed E-state index contributed by atoms with van der Waals surface area (Å²) in [6.07, 6.45) is 10.8. The quantitative estimate of drug-likeness (QED) is 0.341. The Morgan fingerprint density at radius 3 is 2.17 bits per heavy atom. The van der Waals surface area contributed by atoms with Crippen molar-refractivity contribution in [2.75, 3.05) is 6.61 Å². The molecule has 0 radical (unpaired) electrons. The third-order valence-electron chi connectivity index (χ3n) is 2.93. The van der Waals surface area contributed by atoms with Crippen molar-refractivity contribution in [2.24, 2.45) is 0 Å². The summed E-state index contributed by atoms with van der Waals surface area (Å²) in [5.74, 6) is -0.121. The minimum Gasteiger partial charge on any atom is -0.396 e. The lowest BCUT2D eigenvalue weighted by Crippen LogP contribution is -2.21. The van der Waals surface area contributed by atoms with E-state index in [0.717, 1.165) is 25.7 Å². The highest BCUT2D eigenvalue weighted by molar-refractivity contribution is 7.80. The van der Waals surface area contributed by atoms with Crippen LogP contribution in [0.3, 0.4) is 0 Å². The van der Waals surface area contributed by atoms with Crippen LogP contribution in [0.2, 0.25) is 0 Å². The number of amides is 1. The fourth-order valence-corrected chi connectivity index (χ4v) is 2.11. The molecule has 0 aromatic rings. The first kappa shape index (κ1) is 15.1. The van der Waals surface area contributed by atoms with E-state index in [1.54, 1.807) is 0 Å². The van der Waals surface area contributed by atoms with Crippen LogP contribution >= 0.6 is 12.2 Å². The Bertz CT molecular complexity index is 316. The van der Waals surface area contributed by atoms with Gasteiger partial charge < -0.3 is 10.4 Å². The van der Waals surface area contributed by atoms with E-state index in [2.05, 4.69) is 10.6 Å². The highest BCUT2D eigenvalue weighted by Crippen LogP contribution is 2.10. The topological polar surface area (TPSA) is 61.4 Å². The largest absolute Gasteiger partial charge is 0.396 e. The van der Waals surface area contributed by atoms with Crippen LogP contribution in [0.15, 0.2) is 11.8 Å². The molecule has 0 aromatic carbocycles. The summed E-state index contributed by atoms with van der Waals surface area (Å²) in [6, 6.07) is 0. The van der Waals surface area contributed by atoms with E-state index in [1.807, 2.05) is 6.08 Å². The third kappa shape index (κ3) is 6.12. The van der Waals surface area contributed by atoms with Gasteiger partial charge in [-0.1, -0.05) is 38.2 Å². The molecule has 102 valence electrons. The molecule has 0 aliphatic carbocycles. The zero-order valence-corrected chi connectivity index (χ0v) is 11.5. The van der Waals surface area contributed by atoms with Crippen LogP contribution in [0.4, 0.5) is 0 Å². The molecule has 0 atom stereocenters. The van der Waals surface area contributed by atoms with Crippen LogP contribution in [-0.2, 0) is 4.79 Å². The molecule has 18 heavy (non-hydrogen) atoms. The molecule has 0 unspecified atom stereocenters. The lowest BCUT2D eigenvalue weighted by molar-refractivity contribution is -0.115. The first-order valence-electron chi connectivity index (χ1n) is 6.67. The number of allylic oxidation sites excluding steroid dienone is 1. The smallest absolute Gasteiger partial charge is 0.273 e. The predicted octanol–water partition coefficient (Wildman–Crippen LogP) is 1.99. The number of aliphatic hydroxyl groups is 1. The van der Waals surface area contributed by atoms with Gasteiger partial charge >= 0.3 is 0 Å². The van der Waals surface area contributed by atoms with Gasteiger partial charge in [0.2, 0.25) is 0 Å². The molecule has 1 rings (SSSR count). The molecule has 0 spiro atoms. The number of unbranched alkanes of at least 4 members (excludes halogenated alkanes) is 7. The van der Waals surface area contributed by atoms with Crippen LogP contribution in [0.25, 0.3) is 0 Å². The number of carbonyl (C=O) groups excluding carboxylic acids is 1. The van der Waals surface area contributed by atoms with E-state index in [-0.39, 0.29) is 5.91 Å². The summed E-state index contributed by atoms with van der Waals surface area (Å²) in [7, 11) is 0. The summed E-state index contributed by atoms with van der Waals surface area (Å²) >= 11 is 4.84. The van der Waals surface area contributed by atoms with E-state index in [1.165, 1.54) is 25.7 Å². The molecule has 1 aliphatic heterocycles. The number of rotatable bonds is 9. The Labute approximate surface area is 114 Å². The fraction of sp³-hybridized carbons (Fsp3) is 0.692. The number of aliphatic hydroxyl groups excluding tert-OH is 1. The zero-order valence-electron chi connectivity index (χ0n) is 10.7. The molecule has 5 heteroatoms. The van der Waals surface area contributed by atoms with Crippen molar-refractivity contribution in [3.63, 3.8) is 0 Å². The van der Waals surface area contributed by atoms with Gasteiger partial charge in [0.25, 0.3) is 5.91 Å². The molecule has 1 fully saturated rings. The Kier molecular flexibility index (Phi) is 7.60. The van der Waals surface area contributed by atoms with Gasteiger partial charge in [-0.15, -0.1) is 0 Å². The molecule has 1 heterocycles. The van der Waals surface area contributed by atoms with Gasteiger partial charge in [-0.3, -0.25) is 10.1 Å². The number of thiocarbonyl (C=S) groups is 1. The summed E-state index contributed by atoms with van der Waals surface area (Å²) in [5.41, 5.74) is 0.586. The highest BCUT2D eigenvalue weighted by atomic mass is 32.1. The first-order chi connectivity index (χ1) is 8.74. The summed E-state index contributed by atoms with van der Waals surface area (Å²) in [5, 5.41) is 14.4. The number of hydrogen-bond donors (Lipinski definition) is 3. The van der Waals surface area contributed by atoms with Gasteiger partial charge in [0.1, 0.15) is 5.70 Å². The van der Waals surface area contributed by atoms with Crippen molar-refractivity contribution in [2.45, 2.75) is 51.4 Å². The predicted molar refractivity (Wildman–Crippen MR) is 76.0 cm³/mol. The van der Waals surface area contributed by atoms with Crippen molar-refractivity contribution < 1.29 is 9.90 Å². The van der Waals surface area contributed by atoms with E-state index in [0.29, 0.717) is 17.4 Å². The molecule has 4 nitrogen and oxygen atoms in total. The van der Waals surface area contributed by atoms with Crippen molar-refractivity contribution in [1.82, 2.24) is 10.6 Å². The van der Waals surface area contributed by atoms with Crippen molar-refractivity contribution >= 4 is 23.2 Å². The van der Waals surface area contributed by atoms with E-state index < -0.39 is 0 Å².